The van der Waals surface area contributed by atoms with Crippen molar-refractivity contribution in [1.29, 1.82) is 0 Å². The van der Waals surface area contributed by atoms with Crippen molar-refractivity contribution in [1.82, 2.24) is 15.2 Å². The van der Waals surface area contributed by atoms with Crippen molar-refractivity contribution < 1.29 is 26.8 Å². The predicted octanol–water partition coefficient (Wildman–Crippen LogP) is 5.14. The molecule has 31 heavy (non-hydrogen) atoms. The summed E-state index contributed by atoms with van der Waals surface area (Å²) in [7, 11) is 0. The summed E-state index contributed by atoms with van der Waals surface area (Å²) in [5.74, 6) is 0.00192. The van der Waals surface area contributed by atoms with Crippen LogP contribution in [0.2, 0.25) is 0 Å². The third-order valence-corrected chi connectivity index (χ3v) is 4.85. The molecule has 1 N–H and O–H groups in total. The molecular weight excluding hydrogens is 433 g/mol. The van der Waals surface area contributed by atoms with Crippen molar-refractivity contribution in [2.75, 3.05) is 11.1 Å². The van der Waals surface area contributed by atoms with Crippen LogP contribution in [0.5, 0.6) is 0 Å². The molecule has 158 valence electrons. The van der Waals surface area contributed by atoms with Crippen molar-refractivity contribution in [3.8, 4) is 22.9 Å². The number of amides is 1. The monoisotopic (exact) mass is 446 g/mol. The zero-order chi connectivity index (χ0) is 21.8. The smallest absolute Gasteiger partial charge is 0.418 e. The molecule has 0 saturated carbocycles. The molecule has 7 nitrogen and oxygen atoms in total. The minimum absolute atomic E-state index is 0.154. The number of halogens is 3. The van der Waals surface area contributed by atoms with E-state index in [0.29, 0.717) is 22.9 Å². The first-order valence-corrected chi connectivity index (χ1v) is 9.82. The van der Waals surface area contributed by atoms with Crippen LogP contribution < -0.4 is 5.32 Å². The highest BCUT2D eigenvalue weighted by Gasteiger charge is 2.33. The van der Waals surface area contributed by atoms with Crippen molar-refractivity contribution >= 4 is 23.4 Å². The van der Waals surface area contributed by atoms with Gasteiger partial charge in [-0.25, -0.2) is 4.98 Å². The fraction of sp³-hybridized carbons (Fsp3) is 0.100. The van der Waals surface area contributed by atoms with Crippen molar-refractivity contribution in [3.05, 3.63) is 66.6 Å². The molecular formula is C20H13F3N4O3S. The Kier molecular flexibility index (Phi) is 5.76. The van der Waals surface area contributed by atoms with Crippen LogP contribution >= 0.6 is 11.8 Å². The summed E-state index contributed by atoms with van der Waals surface area (Å²) in [5.41, 5.74) is -0.522. The molecule has 0 unspecified atom stereocenters. The van der Waals surface area contributed by atoms with Crippen molar-refractivity contribution in [2.45, 2.75) is 11.3 Å². The SMILES string of the molecule is O=C(CSc1nnc(-c2ccco2)c(-c2ccco2)n1)Nc1ccccc1C(F)(F)F. The number of nitrogens with one attached hydrogen (secondary N) is 1. The summed E-state index contributed by atoms with van der Waals surface area (Å²) in [5, 5.41) is 10.5. The number of carbonyl (C=O) groups excluding carboxylic acids is 1. The van der Waals surface area contributed by atoms with Gasteiger partial charge in [-0.15, -0.1) is 10.2 Å². The van der Waals surface area contributed by atoms with Gasteiger partial charge in [-0.2, -0.15) is 13.2 Å². The number of alkyl halides is 3. The van der Waals surface area contributed by atoms with E-state index in [4.69, 9.17) is 8.83 Å². The van der Waals surface area contributed by atoms with Crippen LogP contribution in [0.4, 0.5) is 18.9 Å². The van der Waals surface area contributed by atoms with Crippen molar-refractivity contribution in [2.24, 2.45) is 0 Å². The number of aromatic nitrogens is 3. The molecule has 1 aromatic carbocycles. The first-order chi connectivity index (χ1) is 14.9. The fourth-order valence-electron chi connectivity index (χ4n) is 2.69. The third kappa shape index (κ3) is 4.77. The Morgan fingerprint density at radius 1 is 0.935 bits per heavy atom. The topological polar surface area (TPSA) is 94.0 Å². The second-order valence-electron chi connectivity index (χ2n) is 6.13. The van der Waals surface area contributed by atoms with Gasteiger partial charge in [0.15, 0.2) is 17.2 Å². The maximum absolute atomic E-state index is 13.1. The quantitative estimate of drug-likeness (QED) is 0.410. The lowest BCUT2D eigenvalue weighted by Crippen LogP contribution is -2.18. The Balaban J connectivity index is 1.51. The summed E-state index contributed by atoms with van der Waals surface area (Å²) in [4.78, 5) is 16.6. The Bertz CT molecular complexity index is 1180. The summed E-state index contributed by atoms with van der Waals surface area (Å²) in [6, 6.07) is 11.5. The van der Waals surface area contributed by atoms with E-state index in [1.165, 1.54) is 30.7 Å². The second-order valence-corrected chi connectivity index (χ2v) is 7.07. The molecule has 11 heteroatoms. The van der Waals surface area contributed by atoms with Crippen LogP contribution in [-0.2, 0) is 11.0 Å². The van der Waals surface area contributed by atoms with Crippen LogP contribution in [-0.4, -0.2) is 26.8 Å². The average molecular weight is 446 g/mol. The zero-order valence-electron chi connectivity index (χ0n) is 15.6. The Morgan fingerprint density at radius 3 is 2.26 bits per heavy atom. The van der Waals surface area contributed by atoms with Gasteiger partial charge >= 0.3 is 6.18 Å². The number of thioether (sulfide) groups is 1. The number of carbonyl (C=O) groups is 1. The van der Waals surface area contributed by atoms with Gasteiger partial charge in [-0.3, -0.25) is 4.79 Å². The highest BCUT2D eigenvalue weighted by Crippen LogP contribution is 2.35. The van der Waals surface area contributed by atoms with Gasteiger partial charge in [0.25, 0.3) is 0 Å². The average Bonchev–Trinajstić information content (AvgIpc) is 3.46. The standard InChI is InChI=1S/C20H13F3N4O3S/c21-20(22,23)12-5-1-2-6-13(12)24-16(28)11-31-19-25-17(14-7-3-9-29-14)18(26-27-19)15-8-4-10-30-15/h1-10H,11H2,(H,24,28). The minimum Gasteiger partial charge on any atom is -0.463 e. The Morgan fingerprint density at radius 2 is 1.61 bits per heavy atom. The van der Waals surface area contributed by atoms with Gasteiger partial charge in [0.1, 0.15) is 5.69 Å². The highest BCUT2D eigenvalue weighted by molar-refractivity contribution is 7.99. The van der Waals surface area contributed by atoms with Crippen LogP contribution in [0.1, 0.15) is 5.56 Å². The van der Waals surface area contributed by atoms with E-state index < -0.39 is 17.6 Å². The van der Waals surface area contributed by atoms with Gasteiger partial charge in [-0.05, 0) is 36.4 Å². The molecule has 3 heterocycles. The van der Waals surface area contributed by atoms with E-state index in [1.807, 2.05) is 0 Å². The molecule has 0 aliphatic rings. The van der Waals surface area contributed by atoms with E-state index in [1.54, 1.807) is 24.3 Å². The Labute approximate surface area is 177 Å². The highest BCUT2D eigenvalue weighted by atomic mass is 32.2. The lowest BCUT2D eigenvalue weighted by molar-refractivity contribution is -0.137. The molecule has 4 aromatic rings. The minimum atomic E-state index is -4.58. The maximum Gasteiger partial charge on any atom is 0.418 e. The third-order valence-electron chi connectivity index (χ3n) is 4.02. The summed E-state index contributed by atoms with van der Waals surface area (Å²) in [6.45, 7) is 0. The van der Waals surface area contributed by atoms with E-state index in [0.717, 1.165) is 17.8 Å². The van der Waals surface area contributed by atoms with E-state index >= 15 is 0 Å². The molecule has 4 rings (SSSR count). The number of benzene rings is 1. The molecule has 0 fully saturated rings. The van der Waals surface area contributed by atoms with Crippen molar-refractivity contribution in [3.63, 3.8) is 0 Å². The Hall–Kier alpha value is -3.60. The first kappa shape index (κ1) is 20.7. The van der Waals surface area contributed by atoms with Crippen LogP contribution in [0.15, 0.2) is 75.0 Å². The van der Waals surface area contributed by atoms with Gasteiger partial charge in [0, 0.05) is 0 Å². The van der Waals surface area contributed by atoms with Gasteiger partial charge < -0.3 is 14.2 Å². The fourth-order valence-corrected chi connectivity index (χ4v) is 3.28. The van der Waals surface area contributed by atoms with E-state index in [9.17, 15) is 18.0 Å². The first-order valence-electron chi connectivity index (χ1n) is 8.83. The summed E-state index contributed by atoms with van der Waals surface area (Å²) >= 11 is 0.928. The maximum atomic E-state index is 13.1. The number of para-hydroxylation sites is 1. The molecule has 0 atom stereocenters. The number of furan rings is 2. The van der Waals surface area contributed by atoms with Gasteiger partial charge in [-0.1, -0.05) is 23.9 Å². The molecule has 3 aromatic heterocycles. The molecule has 0 spiro atoms. The number of hydrogen-bond donors (Lipinski definition) is 1. The number of nitrogens with zero attached hydrogens (tertiary/aromatic N) is 3. The number of rotatable bonds is 6. The predicted molar refractivity (Wildman–Crippen MR) is 106 cm³/mol. The molecule has 1 amide bonds. The molecule has 0 aliphatic carbocycles. The molecule has 0 radical (unpaired) electrons. The summed E-state index contributed by atoms with van der Waals surface area (Å²) in [6.07, 6.45) is -1.62. The normalized spacial score (nSPS) is 11.5. The largest absolute Gasteiger partial charge is 0.463 e. The van der Waals surface area contributed by atoms with E-state index in [2.05, 4.69) is 20.5 Å². The van der Waals surface area contributed by atoms with E-state index in [-0.39, 0.29) is 16.6 Å². The van der Waals surface area contributed by atoms with Gasteiger partial charge in [0.2, 0.25) is 11.1 Å². The zero-order valence-corrected chi connectivity index (χ0v) is 16.4. The lowest BCUT2D eigenvalue weighted by atomic mass is 10.1. The molecule has 0 saturated heterocycles. The number of anilines is 1. The lowest BCUT2D eigenvalue weighted by Gasteiger charge is -2.13. The molecule has 0 aliphatic heterocycles. The van der Waals surface area contributed by atoms with Crippen LogP contribution in [0.25, 0.3) is 22.9 Å². The van der Waals surface area contributed by atoms with Crippen LogP contribution in [0.3, 0.4) is 0 Å². The van der Waals surface area contributed by atoms with Gasteiger partial charge in [0.05, 0.1) is 29.5 Å². The molecule has 0 bridgehead atoms. The second kappa shape index (κ2) is 8.64. The summed E-state index contributed by atoms with van der Waals surface area (Å²) < 4.78 is 50.0. The number of hydrogen-bond acceptors (Lipinski definition) is 7. The van der Waals surface area contributed by atoms with Crippen LogP contribution in [0, 0.1) is 0 Å².